The highest BCUT2D eigenvalue weighted by atomic mass is 35.5. The van der Waals surface area contributed by atoms with Crippen LogP contribution in [0.4, 0.5) is 18.0 Å². The van der Waals surface area contributed by atoms with Crippen molar-refractivity contribution in [1.29, 1.82) is 0 Å². The van der Waals surface area contributed by atoms with Crippen LogP contribution < -0.4 is 0 Å². The summed E-state index contributed by atoms with van der Waals surface area (Å²) < 4.78 is 49.8. The van der Waals surface area contributed by atoms with Gasteiger partial charge in [0.2, 0.25) is 0 Å². The lowest BCUT2D eigenvalue weighted by Crippen LogP contribution is -2.62. The van der Waals surface area contributed by atoms with Gasteiger partial charge in [-0.1, -0.05) is 54.1 Å². The zero-order chi connectivity index (χ0) is 29.5. The van der Waals surface area contributed by atoms with Crippen LogP contribution in [0.1, 0.15) is 56.4 Å². The van der Waals surface area contributed by atoms with Gasteiger partial charge in [0.25, 0.3) is 5.91 Å². The Kier molecular flexibility index (Phi) is 8.00. The van der Waals surface area contributed by atoms with Gasteiger partial charge in [-0.15, -0.1) is 0 Å². The normalized spacial score (nSPS) is 15.7. The van der Waals surface area contributed by atoms with Crippen molar-refractivity contribution < 1.29 is 27.5 Å². The first-order valence-corrected chi connectivity index (χ1v) is 13.3. The second kappa shape index (κ2) is 10.8. The topological polar surface area (TPSA) is 54.8 Å². The maximum absolute atomic E-state index is 14.4. The SMILES string of the molecule is CC(C)(C)OC(=O)N1CCN(C(=O)c2c(-c3ccc(Cl)cc3)cc(C(F)(F)F)n2Cc2ccccc2)CC1(C)C. The van der Waals surface area contributed by atoms with Crippen LogP contribution >= 0.6 is 11.6 Å². The predicted octanol–water partition coefficient (Wildman–Crippen LogP) is 7.35. The van der Waals surface area contributed by atoms with Crippen molar-refractivity contribution in [2.45, 2.75) is 58.5 Å². The summed E-state index contributed by atoms with van der Waals surface area (Å²) in [6, 6.07) is 16.1. The summed E-state index contributed by atoms with van der Waals surface area (Å²) in [7, 11) is 0. The van der Waals surface area contributed by atoms with E-state index in [-0.39, 0.29) is 37.4 Å². The third-order valence-corrected chi connectivity index (χ3v) is 6.98. The Hall–Kier alpha value is -3.46. The van der Waals surface area contributed by atoms with Gasteiger partial charge in [-0.05, 0) is 63.9 Å². The molecular weight excluding hydrogens is 543 g/mol. The maximum Gasteiger partial charge on any atom is 0.431 e. The molecule has 0 radical (unpaired) electrons. The minimum Gasteiger partial charge on any atom is -0.444 e. The molecule has 10 heteroatoms. The molecule has 1 aliphatic heterocycles. The van der Waals surface area contributed by atoms with Gasteiger partial charge in [-0.25, -0.2) is 4.79 Å². The fraction of sp³-hybridized carbons (Fsp3) is 0.400. The standard InChI is InChI=1S/C30H33ClF3N3O3/c1-28(2,3)40-27(39)37-16-15-35(19-29(37,4)5)26(38)25-23(21-11-13-22(31)14-12-21)17-24(30(32,33)34)36(25)18-20-9-7-6-8-10-20/h6-14,17H,15-16,18-19H2,1-5H3. The van der Waals surface area contributed by atoms with E-state index in [2.05, 4.69) is 0 Å². The molecule has 2 amide bonds. The van der Waals surface area contributed by atoms with Crippen molar-refractivity contribution >= 4 is 23.6 Å². The summed E-state index contributed by atoms with van der Waals surface area (Å²) in [6.45, 7) is 9.21. The molecule has 1 saturated heterocycles. The van der Waals surface area contributed by atoms with Gasteiger partial charge >= 0.3 is 12.3 Å². The number of ether oxygens (including phenoxy) is 1. The van der Waals surface area contributed by atoms with E-state index >= 15 is 0 Å². The first-order valence-electron chi connectivity index (χ1n) is 13.0. The summed E-state index contributed by atoms with van der Waals surface area (Å²) >= 11 is 6.05. The lowest BCUT2D eigenvalue weighted by molar-refractivity contribution is -0.143. The molecule has 40 heavy (non-hydrogen) atoms. The van der Waals surface area contributed by atoms with Gasteiger partial charge in [0, 0.05) is 36.8 Å². The average molecular weight is 576 g/mol. The Morgan fingerprint density at radius 2 is 1.60 bits per heavy atom. The average Bonchev–Trinajstić information content (AvgIpc) is 3.22. The van der Waals surface area contributed by atoms with E-state index in [0.29, 0.717) is 16.1 Å². The fourth-order valence-electron chi connectivity index (χ4n) is 4.93. The molecule has 0 atom stereocenters. The number of benzene rings is 2. The summed E-state index contributed by atoms with van der Waals surface area (Å²) in [4.78, 5) is 30.1. The van der Waals surface area contributed by atoms with Crippen LogP contribution in [0.3, 0.4) is 0 Å². The maximum atomic E-state index is 14.4. The molecule has 2 aromatic carbocycles. The van der Waals surface area contributed by atoms with Crippen molar-refractivity contribution in [3.63, 3.8) is 0 Å². The number of hydrogen-bond acceptors (Lipinski definition) is 3. The third kappa shape index (κ3) is 6.46. The number of halogens is 4. The van der Waals surface area contributed by atoms with Crippen LogP contribution in [0.2, 0.25) is 5.02 Å². The molecule has 0 N–H and O–H groups in total. The predicted molar refractivity (Wildman–Crippen MR) is 148 cm³/mol. The number of piperazine rings is 1. The number of hydrogen-bond donors (Lipinski definition) is 0. The molecule has 3 aromatic rings. The summed E-state index contributed by atoms with van der Waals surface area (Å²) in [6.07, 6.45) is -5.21. The molecular formula is C30H33ClF3N3O3. The zero-order valence-electron chi connectivity index (χ0n) is 23.2. The van der Waals surface area contributed by atoms with E-state index < -0.39 is 35.0 Å². The zero-order valence-corrected chi connectivity index (χ0v) is 23.9. The highest BCUT2D eigenvalue weighted by Crippen LogP contribution is 2.39. The van der Waals surface area contributed by atoms with Crippen LogP contribution in [-0.4, -0.2) is 57.1 Å². The third-order valence-electron chi connectivity index (χ3n) is 6.73. The van der Waals surface area contributed by atoms with Gasteiger partial charge in [0.15, 0.2) is 0 Å². The van der Waals surface area contributed by atoms with Crippen molar-refractivity contribution in [3.8, 4) is 11.1 Å². The lowest BCUT2D eigenvalue weighted by atomic mass is 9.98. The number of carbonyl (C=O) groups excluding carboxylic acids is 2. The summed E-state index contributed by atoms with van der Waals surface area (Å²) in [5, 5.41) is 0.427. The largest absolute Gasteiger partial charge is 0.444 e. The number of aromatic nitrogens is 1. The molecule has 0 spiro atoms. The molecule has 0 saturated carbocycles. The summed E-state index contributed by atoms with van der Waals surface area (Å²) in [5.41, 5.74) is -1.28. The first kappa shape index (κ1) is 29.5. The molecule has 1 aliphatic rings. The first-order chi connectivity index (χ1) is 18.6. The van der Waals surface area contributed by atoms with Crippen molar-refractivity contribution in [2.24, 2.45) is 0 Å². The van der Waals surface area contributed by atoms with Crippen molar-refractivity contribution in [3.05, 3.63) is 82.6 Å². The molecule has 1 aromatic heterocycles. The van der Waals surface area contributed by atoms with Gasteiger partial charge in [-0.2, -0.15) is 13.2 Å². The number of rotatable bonds is 4. The Balaban J connectivity index is 1.79. The molecule has 0 unspecified atom stereocenters. The molecule has 214 valence electrons. The van der Waals surface area contributed by atoms with Crippen LogP contribution in [0.5, 0.6) is 0 Å². The minimum atomic E-state index is -4.71. The molecule has 1 fully saturated rings. The van der Waals surface area contributed by atoms with Gasteiger partial charge in [0.1, 0.15) is 17.0 Å². The molecule has 0 aliphatic carbocycles. The number of nitrogens with zero attached hydrogens (tertiary/aromatic N) is 3. The van der Waals surface area contributed by atoms with Crippen LogP contribution in [0, 0.1) is 0 Å². The molecule has 4 rings (SSSR count). The minimum absolute atomic E-state index is 0.0694. The molecule has 6 nitrogen and oxygen atoms in total. The number of amides is 2. The second-order valence-electron chi connectivity index (χ2n) is 11.5. The van der Waals surface area contributed by atoms with Crippen LogP contribution in [-0.2, 0) is 17.5 Å². The van der Waals surface area contributed by atoms with Crippen LogP contribution in [0.25, 0.3) is 11.1 Å². The van der Waals surface area contributed by atoms with E-state index in [1.54, 1.807) is 94.1 Å². The number of alkyl halides is 3. The highest BCUT2D eigenvalue weighted by Gasteiger charge is 2.43. The van der Waals surface area contributed by atoms with Gasteiger partial charge < -0.3 is 14.2 Å². The van der Waals surface area contributed by atoms with E-state index in [0.717, 1.165) is 10.6 Å². The van der Waals surface area contributed by atoms with Crippen molar-refractivity contribution in [1.82, 2.24) is 14.4 Å². The Bertz CT molecular complexity index is 1380. The quantitative estimate of drug-likeness (QED) is 0.327. The molecule has 0 bridgehead atoms. The second-order valence-corrected chi connectivity index (χ2v) is 12.0. The number of carbonyl (C=O) groups is 2. The highest BCUT2D eigenvalue weighted by molar-refractivity contribution is 6.30. The summed E-state index contributed by atoms with van der Waals surface area (Å²) in [5.74, 6) is -0.548. The molecule has 2 heterocycles. The fourth-order valence-corrected chi connectivity index (χ4v) is 5.05. The Morgan fingerprint density at radius 3 is 2.15 bits per heavy atom. The van der Waals surface area contributed by atoms with Gasteiger partial charge in [-0.3, -0.25) is 9.69 Å². The monoisotopic (exact) mass is 575 g/mol. The van der Waals surface area contributed by atoms with E-state index in [9.17, 15) is 22.8 Å². The van der Waals surface area contributed by atoms with Crippen LogP contribution in [0.15, 0.2) is 60.7 Å². The Morgan fingerprint density at radius 1 is 0.975 bits per heavy atom. The van der Waals surface area contributed by atoms with Crippen molar-refractivity contribution in [2.75, 3.05) is 19.6 Å². The van der Waals surface area contributed by atoms with Gasteiger partial charge in [0.05, 0.1) is 5.54 Å². The lowest BCUT2D eigenvalue weighted by Gasteiger charge is -2.47. The smallest absolute Gasteiger partial charge is 0.431 e. The van der Waals surface area contributed by atoms with E-state index in [1.165, 1.54) is 4.90 Å². The van der Waals surface area contributed by atoms with E-state index in [4.69, 9.17) is 16.3 Å². The van der Waals surface area contributed by atoms with E-state index in [1.807, 2.05) is 0 Å². The Labute approximate surface area is 237 Å².